The Hall–Kier alpha value is -0.220. The van der Waals surface area contributed by atoms with Crippen molar-refractivity contribution < 1.29 is 0 Å². The summed E-state index contributed by atoms with van der Waals surface area (Å²) in [6.07, 6.45) is 0. The first kappa shape index (κ1) is 4.78. The Labute approximate surface area is 34.5 Å². The molecule has 3 nitrogen and oxygen atoms in total. The van der Waals surface area contributed by atoms with Crippen molar-refractivity contribution >= 4 is 17.5 Å². The second-order valence-corrected chi connectivity index (χ2v) is 0.874. The van der Waals surface area contributed by atoms with Gasteiger partial charge in [0.05, 0.1) is 5.55 Å². The Morgan fingerprint density at radius 1 is 1.80 bits per heavy atom. The molecule has 0 unspecified atom stereocenters. The van der Waals surface area contributed by atoms with Gasteiger partial charge in [0, 0.05) is 0 Å². The van der Waals surface area contributed by atoms with Crippen LogP contribution in [0.3, 0.4) is 0 Å². The van der Waals surface area contributed by atoms with Gasteiger partial charge >= 0.3 is 0 Å². The Kier molecular flexibility index (Phi) is 3.61. The number of nitrogens with zero attached hydrogens (tertiary/aromatic N) is 1. The van der Waals surface area contributed by atoms with Crippen molar-refractivity contribution in [2.75, 3.05) is 0 Å². The summed E-state index contributed by atoms with van der Waals surface area (Å²) in [6.45, 7) is 0. The van der Waals surface area contributed by atoms with E-state index in [0.717, 1.165) is 11.9 Å². The zero-order valence-corrected chi connectivity index (χ0v) is 3.40. The van der Waals surface area contributed by atoms with Crippen LogP contribution in [0, 0.1) is 0 Å². The standard InChI is InChI=1S/CH5N3S/c2-4-1-5-3/h1H,2-3H2/b4-1-. The monoisotopic (exact) mass is 91.0 g/mol. The van der Waals surface area contributed by atoms with Crippen molar-refractivity contribution in [2.45, 2.75) is 0 Å². The summed E-state index contributed by atoms with van der Waals surface area (Å²) >= 11 is 0.985. The van der Waals surface area contributed by atoms with E-state index in [-0.39, 0.29) is 0 Å². The first-order chi connectivity index (χ1) is 2.41. The molecule has 0 rings (SSSR count). The molecule has 0 saturated carbocycles. The van der Waals surface area contributed by atoms with E-state index in [2.05, 4.69) is 10.9 Å². The molecule has 0 aromatic carbocycles. The zero-order chi connectivity index (χ0) is 4.12. The van der Waals surface area contributed by atoms with Crippen molar-refractivity contribution in [3.63, 3.8) is 0 Å². The molecule has 0 amide bonds. The molecular formula is CH5N3S. The predicted molar refractivity (Wildman–Crippen MR) is 24.5 cm³/mol. The molecule has 0 bridgehead atoms. The summed E-state index contributed by atoms with van der Waals surface area (Å²) in [4.78, 5) is 0. The average Bonchev–Trinajstić information content (AvgIpc) is 1.41. The van der Waals surface area contributed by atoms with E-state index >= 15 is 0 Å². The lowest BCUT2D eigenvalue weighted by Crippen LogP contribution is -1.81. The summed E-state index contributed by atoms with van der Waals surface area (Å²) in [5.41, 5.74) is 1.35. The van der Waals surface area contributed by atoms with Crippen molar-refractivity contribution in [1.82, 2.24) is 0 Å². The van der Waals surface area contributed by atoms with Gasteiger partial charge in [0.2, 0.25) is 0 Å². The average molecular weight is 91.1 g/mol. The fourth-order valence-corrected chi connectivity index (χ4v) is 0.105. The molecule has 0 aliphatic rings. The largest absolute Gasteiger partial charge is 0.323 e. The van der Waals surface area contributed by atoms with E-state index in [9.17, 15) is 0 Å². The lowest BCUT2D eigenvalue weighted by atomic mass is 11.7. The highest BCUT2D eigenvalue weighted by molar-refractivity contribution is 8.10. The number of rotatable bonds is 1. The fraction of sp³-hybridized carbons (Fsp3) is 0. The molecule has 5 heavy (non-hydrogen) atoms. The van der Waals surface area contributed by atoms with E-state index < -0.39 is 0 Å². The minimum absolute atomic E-state index is 0.985. The molecule has 4 N–H and O–H groups in total. The third-order valence-electron chi connectivity index (χ3n) is 0.122. The van der Waals surface area contributed by atoms with Crippen LogP contribution in [0.1, 0.15) is 0 Å². The molecule has 0 heterocycles. The molecule has 0 radical (unpaired) electrons. The van der Waals surface area contributed by atoms with Gasteiger partial charge in [-0.15, -0.1) is 0 Å². The van der Waals surface area contributed by atoms with Gasteiger partial charge in [0.15, 0.2) is 0 Å². The molecule has 0 spiro atoms. The van der Waals surface area contributed by atoms with Gasteiger partial charge in [-0.25, -0.2) is 0 Å². The van der Waals surface area contributed by atoms with Crippen LogP contribution < -0.4 is 11.0 Å². The number of nitrogens with two attached hydrogens (primary N) is 2. The van der Waals surface area contributed by atoms with Gasteiger partial charge in [-0.2, -0.15) is 5.10 Å². The number of hydrogen-bond acceptors (Lipinski definition) is 4. The minimum Gasteiger partial charge on any atom is -0.323 e. The Balaban J connectivity index is 2.62. The number of hydrazone groups is 1. The maximum atomic E-state index is 4.83. The predicted octanol–water partition coefficient (Wildman–Crippen LogP) is -0.505. The molecule has 0 saturated heterocycles. The molecular weight excluding hydrogens is 86.1 g/mol. The van der Waals surface area contributed by atoms with Gasteiger partial charge < -0.3 is 5.84 Å². The van der Waals surface area contributed by atoms with Crippen molar-refractivity contribution in [3.05, 3.63) is 0 Å². The fourth-order valence-electron chi connectivity index (χ4n) is 0.0351. The lowest BCUT2D eigenvalue weighted by Gasteiger charge is -1.67. The van der Waals surface area contributed by atoms with Gasteiger partial charge in [-0.3, -0.25) is 5.14 Å². The molecule has 0 atom stereocenters. The summed E-state index contributed by atoms with van der Waals surface area (Å²) in [7, 11) is 0. The first-order valence-corrected chi connectivity index (χ1v) is 1.93. The lowest BCUT2D eigenvalue weighted by molar-refractivity contribution is 1.27. The van der Waals surface area contributed by atoms with Crippen LogP contribution in [-0.2, 0) is 0 Å². The van der Waals surface area contributed by atoms with Crippen LogP contribution in [-0.4, -0.2) is 5.55 Å². The van der Waals surface area contributed by atoms with E-state index in [1.54, 1.807) is 0 Å². The Morgan fingerprint density at radius 2 is 2.40 bits per heavy atom. The van der Waals surface area contributed by atoms with Crippen molar-refractivity contribution in [1.29, 1.82) is 0 Å². The highest BCUT2D eigenvalue weighted by atomic mass is 32.2. The Bertz CT molecular complexity index is 33.9. The van der Waals surface area contributed by atoms with Crippen LogP contribution in [0.4, 0.5) is 0 Å². The van der Waals surface area contributed by atoms with Gasteiger partial charge in [0.1, 0.15) is 0 Å². The maximum Gasteiger partial charge on any atom is 0.0944 e. The normalized spacial score (nSPS) is 9.80. The van der Waals surface area contributed by atoms with E-state index in [4.69, 9.17) is 5.14 Å². The molecule has 0 aromatic heterocycles. The molecule has 30 valence electrons. The summed E-state index contributed by atoms with van der Waals surface area (Å²) in [5.74, 6) is 4.61. The molecule has 0 aromatic rings. The van der Waals surface area contributed by atoms with Crippen LogP contribution in [0.25, 0.3) is 0 Å². The topological polar surface area (TPSA) is 64.4 Å². The summed E-state index contributed by atoms with van der Waals surface area (Å²) in [6, 6.07) is 0. The second-order valence-electron chi connectivity index (χ2n) is 0.391. The molecule has 0 aliphatic heterocycles. The van der Waals surface area contributed by atoms with E-state index in [1.807, 2.05) is 0 Å². The third kappa shape index (κ3) is 3.78. The first-order valence-electron chi connectivity index (χ1n) is 0.988. The van der Waals surface area contributed by atoms with E-state index in [1.165, 1.54) is 5.55 Å². The highest BCUT2D eigenvalue weighted by Crippen LogP contribution is 1.68. The summed E-state index contributed by atoms with van der Waals surface area (Å²) in [5, 5.41) is 7.89. The number of hydrogen-bond donors (Lipinski definition) is 2. The van der Waals surface area contributed by atoms with E-state index in [0.29, 0.717) is 0 Å². The molecule has 0 fully saturated rings. The van der Waals surface area contributed by atoms with Crippen molar-refractivity contribution in [3.8, 4) is 0 Å². The van der Waals surface area contributed by atoms with Crippen LogP contribution in [0.2, 0.25) is 0 Å². The van der Waals surface area contributed by atoms with Crippen LogP contribution >= 0.6 is 11.9 Å². The van der Waals surface area contributed by atoms with Crippen LogP contribution in [0.15, 0.2) is 5.10 Å². The second kappa shape index (κ2) is 3.78. The maximum absolute atomic E-state index is 4.83. The van der Waals surface area contributed by atoms with Gasteiger partial charge in [-0.05, 0) is 11.9 Å². The smallest absolute Gasteiger partial charge is 0.0944 e. The highest BCUT2D eigenvalue weighted by Gasteiger charge is 1.52. The van der Waals surface area contributed by atoms with Crippen molar-refractivity contribution in [2.24, 2.45) is 16.1 Å². The SMILES string of the molecule is N/N=C\SN. The Morgan fingerprint density at radius 3 is 2.40 bits per heavy atom. The summed E-state index contributed by atoms with van der Waals surface area (Å²) < 4.78 is 0. The zero-order valence-electron chi connectivity index (χ0n) is 2.59. The molecule has 4 heteroatoms. The van der Waals surface area contributed by atoms with Crippen LogP contribution in [0.5, 0.6) is 0 Å². The third-order valence-corrected chi connectivity index (χ3v) is 0.365. The molecule has 0 aliphatic carbocycles. The quantitative estimate of drug-likeness (QED) is 0.150. The van der Waals surface area contributed by atoms with Gasteiger partial charge in [0.25, 0.3) is 0 Å². The van der Waals surface area contributed by atoms with Gasteiger partial charge in [-0.1, -0.05) is 0 Å². The minimum atomic E-state index is 0.985.